The van der Waals surface area contributed by atoms with Gasteiger partial charge < -0.3 is 20.6 Å². The molecule has 0 spiro atoms. The van der Waals surface area contributed by atoms with Crippen LogP contribution in [0.1, 0.15) is 84.6 Å². The van der Waals surface area contributed by atoms with Crippen molar-refractivity contribution in [1.82, 2.24) is 20.2 Å². The van der Waals surface area contributed by atoms with Gasteiger partial charge in [-0.15, -0.1) is 11.3 Å². The summed E-state index contributed by atoms with van der Waals surface area (Å²) in [5.74, 6) is -1.54. The number of pyridine rings is 1. The molecule has 1 aliphatic heterocycles. The zero-order valence-electron chi connectivity index (χ0n) is 21.9. The highest BCUT2D eigenvalue weighted by molar-refractivity contribution is 7.17. The van der Waals surface area contributed by atoms with Crippen LogP contribution >= 0.6 is 11.3 Å². The Balaban J connectivity index is 1.71. The Morgan fingerprint density at radius 1 is 1.13 bits per heavy atom. The molecule has 1 aliphatic carbocycles. The summed E-state index contributed by atoms with van der Waals surface area (Å²) in [7, 11) is 0. The van der Waals surface area contributed by atoms with Crippen LogP contribution in [-0.4, -0.2) is 69.2 Å². The number of rotatable bonds is 7. The molecular weight excluding hydrogens is 538 g/mol. The topological polar surface area (TPSA) is 107 Å². The first-order chi connectivity index (χ1) is 18.3. The summed E-state index contributed by atoms with van der Waals surface area (Å²) >= 11 is 0.771. The van der Waals surface area contributed by atoms with Crippen molar-refractivity contribution in [3.05, 3.63) is 28.5 Å². The van der Waals surface area contributed by atoms with Crippen molar-refractivity contribution in [2.45, 2.75) is 82.8 Å². The Hall–Kier alpha value is -2.80. The molecule has 0 atom stereocenters. The number of aromatic nitrogens is 2. The van der Waals surface area contributed by atoms with Crippen LogP contribution in [-0.2, 0) is 6.18 Å². The predicted octanol–water partition coefficient (Wildman–Crippen LogP) is 5.04. The van der Waals surface area contributed by atoms with Crippen LogP contribution in [0.3, 0.4) is 0 Å². The van der Waals surface area contributed by atoms with E-state index in [0.717, 1.165) is 49.5 Å². The summed E-state index contributed by atoms with van der Waals surface area (Å²) in [6.45, 7) is 3.16. The number of hydrogen-bond acceptors (Lipinski definition) is 7. The van der Waals surface area contributed by atoms with Gasteiger partial charge in [-0.05, 0) is 45.6 Å². The highest BCUT2D eigenvalue weighted by Gasteiger charge is 2.37. The minimum Gasteiger partial charge on any atom is -0.389 e. The molecule has 0 bridgehead atoms. The highest BCUT2D eigenvalue weighted by atomic mass is 32.1. The minimum atomic E-state index is -4.72. The van der Waals surface area contributed by atoms with Gasteiger partial charge in [0.05, 0.1) is 16.0 Å². The lowest BCUT2D eigenvalue weighted by Crippen LogP contribution is -2.39. The number of anilines is 1. The van der Waals surface area contributed by atoms with Gasteiger partial charge in [-0.3, -0.25) is 9.59 Å². The lowest BCUT2D eigenvalue weighted by molar-refractivity contribution is -0.137. The Morgan fingerprint density at radius 3 is 2.41 bits per heavy atom. The van der Waals surface area contributed by atoms with E-state index in [9.17, 15) is 32.3 Å². The molecule has 0 radical (unpaired) electrons. The van der Waals surface area contributed by atoms with Crippen molar-refractivity contribution < 1.29 is 32.3 Å². The van der Waals surface area contributed by atoms with E-state index in [1.54, 1.807) is 0 Å². The molecule has 3 heterocycles. The first-order valence-corrected chi connectivity index (χ1v) is 13.9. The number of halogens is 4. The molecule has 8 nitrogen and oxygen atoms in total. The van der Waals surface area contributed by atoms with E-state index in [4.69, 9.17) is 0 Å². The molecule has 13 heteroatoms. The number of aliphatic hydroxyl groups is 1. The monoisotopic (exact) mass is 571 g/mol. The summed E-state index contributed by atoms with van der Waals surface area (Å²) in [6.07, 6.45) is 0.212. The minimum absolute atomic E-state index is 0.000662. The number of alkyl halides is 4. The first-order valence-electron chi connectivity index (χ1n) is 13.1. The number of piperidine rings is 1. The van der Waals surface area contributed by atoms with E-state index >= 15 is 0 Å². The Kier molecular flexibility index (Phi) is 8.79. The SMILES string of the molecule is CC(C)(O)CNC(=O)c1nc(C(=O)N2CCC(F)CC2)c(-c2cnc(NC3CCCCC3)c(C(F)(F)F)c2)s1. The average molecular weight is 572 g/mol. The zero-order chi connectivity index (χ0) is 28.4. The van der Waals surface area contributed by atoms with E-state index in [1.165, 1.54) is 24.9 Å². The van der Waals surface area contributed by atoms with Crippen molar-refractivity contribution in [3.63, 3.8) is 0 Å². The molecule has 2 fully saturated rings. The Labute approximate surface area is 228 Å². The first kappa shape index (κ1) is 29.2. The molecule has 2 aromatic rings. The summed E-state index contributed by atoms with van der Waals surface area (Å²) in [4.78, 5) is 35.9. The summed E-state index contributed by atoms with van der Waals surface area (Å²) in [5, 5.41) is 15.3. The Bertz CT molecular complexity index is 1180. The molecule has 0 aromatic carbocycles. The number of carbonyl (C=O) groups is 2. The molecular formula is C26H33F4N5O3S. The maximum Gasteiger partial charge on any atom is 0.419 e. The Morgan fingerprint density at radius 2 is 1.79 bits per heavy atom. The molecule has 39 heavy (non-hydrogen) atoms. The summed E-state index contributed by atoms with van der Waals surface area (Å²) < 4.78 is 56.1. The van der Waals surface area contributed by atoms with Gasteiger partial charge in [-0.2, -0.15) is 13.2 Å². The van der Waals surface area contributed by atoms with E-state index in [2.05, 4.69) is 20.6 Å². The molecule has 0 unspecified atom stereocenters. The molecule has 214 valence electrons. The van der Waals surface area contributed by atoms with Crippen LogP contribution in [0.5, 0.6) is 0 Å². The molecule has 2 aromatic heterocycles. The molecule has 1 saturated heterocycles. The lowest BCUT2D eigenvalue weighted by Gasteiger charge is -2.28. The number of amides is 2. The van der Waals surface area contributed by atoms with E-state index < -0.39 is 35.3 Å². The molecule has 2 amide bonds. The largest absolute Gasteiger partial charge is 0.419 e. The van der Waals surface area contributed by atoms with Gasteiger partial charge in [-0.1, -0.05) is 19.3 Å². The molecule has 4 rings (SSSR count). The van der Waals surface area contributed by atoms with E-state index in [0.29, 0.717) is 0 Å². The van der Waals surface area contributed by atoms with Gasteiger partial charge in [-0.25, -0.2) is 14.4 Å². The number of nitrogens with one attached hydrogen (secondary N) is 2. The number of carbonyl (C=O) groups excluding carboxylic acids is 2. The third kappa shape index (κ3) is 7.44. The second kappa shape index (κ2) is 11.7. The van der Waals surface area contributed by atoms with Crippen LogP contribution in [0.15, 0.2) is 12.3 Å². The van der Waals surface area contributed by atoms with Crippen LogP contribution in [0, 0.1) is 0 Å². The average Bonchev–Trinajstić information content (AvgIpc) is 3.33. The van der Waals surface area contributed by atoms with Gasteiger partial charge >= 0.3 is 6.18 Å². The van der Waals surface area contributed by atoms with Crippen LogP contribution in [0.4, 0.5) is 23.4 Å². The van der Waals surface area contributed by atoms with Crippen LogP contribution in [0.2, 0.25) is 0 Å². The van der Waals surface area contributed by atoms with Gasteiger partial charge in [0.2, 0.25) is 0 Å². The van der Waals surface area contributed by atoms with Gasteiger partial charge in [0.25, 0.3) is 11.8 Å². The van der Waals surface area contributed by atoms with Crippen molar-refractivity contribution in [3.8, 4) is 10.4 Å². The van der Waals surface area contributed by atoms with Gasteiger partial charge in [0, 0.05) is 37.4 Å². The van der Waals surface area contributed by atoms with Gasteiger partial charge in [0.15, 0.2) is 5.01 Å². The second-order valence-corrected chi connectivity index (χ2v) is 11.8. The maximum atomic E-state index is 14.1. The van der Waals surface area contributed by atoms with E-state index in [1.807, 2.05) is 0 Å². The fraction of sp³-hybridized carbons (Fsp3) is 0.615. The van der Waals surface area contributed by atoms with Crippen molar-refractivity contribution in [2.24, 2.45) is 0 Å². The lowest BCUT2D eigenvalue weighted by atomic mass is 9.95. The fourth-order valence-electron chi connectivity index (χ4n) is 4.69. The summed E-state index contributed by atoms with van der Waals surface area (Å²) in [5.41, 5.74) is -2.37. The normalized spacial score (nSPS) is 17.8. The number of nitrogens with zero attached hydrogens (tertiary/aromatic N) is 3. The predicted molar refractivity (Wildman–Crippen MR) is 140 cm³/mol. The van der Waals surface area contributed by atoms with Crippen molar-refractivity contribution in [1.29, 1.82) is 0 Å². The van der Waals surface area contributed by atoms with Crippen molar-refractivity contribution in [2.75, 3.05) is 25.0 Å². The van der Waals surface area contributed by atoms with E-state index in [-0.39, 0.29) is 65.5 Å². The zero-order valence-corrected chi connectivity index (χ0v) is 22.7. The number of thiazole rings is 1. The molecule has 1 saturated carbocycles. The third-order valence-corrected chi connectivity index (χ3v) is 7.92. The van der Waals surface area contributed by atoms with Gasteiger partial charge in [0.1, 0.15) is 17.7 Å². The van der Waals surface area contributed by atoms with Crippen LogP contribution in [0.25, 0.3) is 10.4 Å². The third-order valence-electron chi connectivity index (χ3n) is 6.82. The van der Waals surface area contributed by atoms with Crippen molar-refractivity contribution >= 4 is 29.0 Å². The smallest absolute Gasteiger partial charge is 0.389 e. The number of likely N-dealkylation sites (tertiary alicyclic amines) is 1. The molecule has 3 N–H and O–H groups in total. The second-order valence-electron chi connectivity index (χ2n) is 10.8. The number of hydrogen-bond donors (Lipinski definition) is 3. The molecule has 2 aliphatic rings. The fourth-order valence-corrected chi connectivity index (χ4v) is 5.65. The highest BCUT2D eigenvalue weighted by Crippen LogP contribution is 2.40. The van der Waals surface area contributed by atoms with Crippen LogP contribution < -0.4 is 10.6 Å². The standard InChI is InChI=1S/C26H33F4N5O3S/c1-25(2,38)14-32-22(36)23-34-19(24(37)35-10-8-16(27)9-11-35)20(39-23)15-12-18(26(28,29)30)21(31-13-15)33-17-6-4-3-5-7-17/h12-13,16-17,38H,3-11,14H2,1-2H3,(H,31,33)(H,32,36). The summed E-state index contributed by atoms with van der Waals surface area (Å²) in [6, 6.07) is 0.817. The maximum absolute atomic E-state index is 14.1. The quantitative estimate of drug-likeness (QED) is 0.402.